The molecule has 0 aliphatic carbocycles. The lowest BCUT2D eigenvalue weighted by Crippen LogP contribution is -2.06. The van der Waals surface area contributed by atoms with Gasteiger partial charge >= 0.3 is 5.69 Å². The predicted molar refractivity (Wildman–Crippen MR) is 107 cm³/mol. The maximum Gasteiger partial charge on any atom is 0.321 e. The fourth-order valence-electron chi connectivity index (χ4n) is 2.41. The van der Waals surface area contributed by atoms with Crippen LogP contribution in [-0.2, 0) is 0 Å². The molecule has 0 saturated carbocycles. The molecule has 0 saturated heterocycles. The molecule has 28 heavy (non-hydrogen) atoms. The Kier molecular flexibility index (Phi) is 5.75. The Hall–Kier alpha value is -3.59. The molecule has 0 spiro atoms. The molecular formula is C19H12BrN3O5. The Bertz CT molecular complexity index is 1050. The third kappa shape index (κ3) is 4.38. The van der Waals surface area contributed by atoms with Crippen molar-refractivity contribution in [3.05, 3.63) is 109 Å². The molecule has 0 heterocycles. The van der Waals surface area contributed by atoms with Crippen LogP contribution in [0.4, 0.5) is 11.4 Å². The molecule has 0 fully saturated rings. The number of hydrogen-bond acceptors (Lipinski definition) is 6. The topological polar surface area (TPSA) is 108 Å². The van der Waals surface area contributed by atoms with E-state index in [4.69, 9.17) is 4.84 Å². The first-order valence-corrected chi connectivity index (χ1v) is 8.74. The van der Waals surface area contributed by atoms with Gasteiger partial charge in [0.25, 0.3) is 5.69 Å². The molecule has 0 radical (unpaired) electrons. The molecule has 0 N–H and O–H groups in total. The first-order valence-electron chi connectivity index (χ1n) is 7.95. The summed E-state index contributed by atoms with van der Waals surface area (Å²) in [5, 5.41) is 26.2. The first kappa shape index (κ1) is 19.2. The Balaban J connectivity index is 2.04. The quantitative estimate of drug-likeness (QED) is 0.300. The van der Waals surface area contributed by atoms with Crippen LogP contribution in [0.5, 0.6) is 5.75 Å². The highest BCUT2D eigenvalue weighted by Crippen LogP contribution is 2.31. The molecule has 8 nitrogen and oxygen atoms in total. The summed E-state index contributed by atoms with van der Waals surface area (Å²) in [5.41, 5.74) is 0.995. The van der Waals surface area contributed by atoms with Crippen LogP contribution in [0, 0.1) is 20.2 Å². The summed E-state index contributed by atoms with van der Waals surface area (Å²) in [4.78, 5) is 26.0. The minimum absolute atomic E-state index is 0.193. The van der Waals surface area contributed by atoms with Crippen LogP contribution in [0.3, 0.4) is 0 Å². The molecule has 0 bridgehead atoms. The van der Waals surface area contributed by atoms with E-state index in [1.54, 1.807) is 0 Å². The molecule has 0 amide bonds. The van der Waals surface area contributed by atoms with Gasteiger partial charge in [0.05, 0.1) is 15.9 Å². The number of non-ortho nitro benzene ring substituents is 1. The van der Waals surface area contributed by atoms with E-state index in [1.807, 2.05) is 54.6 Å². The van der Waals surface area contributed by atoms with Gasteiger partial charge in [-0.2, -0.15) is 0 Å². The SMILES string of the molecule is O=[N+]([O-])c1ccc(O/N=C(\c2ccccc2)c2ccc(Br)cc2)c([N+](=O)[O-])c1. The molecule has 0 aromatic heterocycles. The summed E-state index contributed by atoms with van der Waals surface area (Å²) in [6.45, 7) is 0. The Labute approximate surface area is 167 Å². The highest BCUT2D eigenvalue weighted by atomic mass is 79.9. The summed E-state index contributed by atoms with van der Waals surface area (Å²) in [6, 6.07) is 19.6. The summed E-state index contributed by atoms with van der Waals surface area (Å²) < 4.78 is 0.885. The standard InChI is InChI=1S/C19H12BrN3O5/c20-15-8-6-14(7-9-15)19(13-4-2-1-3-5-13)21-28-18-11-10-16(22(24)25)12-17(18)23(26)27/h1-12H/b21-19+. The second-order valence-corrected chi connectivity index (χ2v) is 6.49. The minimum atomic E-state index is -0.750. The normalized spacial score (nSPS) is 11.1. The zero-order valence-corrected chi connectivity index (χ0v) is 15.8. The van der Waals surface area contributed by atoms with E-state index in [9.17, 15) is 20.2 Å². The van der Waals surface area contributed by atoms with Crippen molar-refractivity contribution < 1.29 is 14.7 Å². The van der Waals surface area contributed by atoms with Crippen molar-refractivity contribution >= 4 is 33.0 Å². The number of hydrogen-bond donors (Lipinski definition) is 0. The van der Waals surface area contributed by atoms with E-state index in [-0.39, 0.29) is 5.75 Å². The highest BCUT2D eigenvalue weighted by Gasteiger charge is 2.21. The fourth-order valence-corrected chi connectivity index (χ4v) is 2.67. The zero-order valence-electron chi connectivity index (χ0n) is 14.2. The van der Waals surface area contributed by atoms with Gasteiger partial charge in [0, 0.05) is 21.7 Å². The van der Waals surface area contributed by atoms with Crippen molar-refractivity contribution in [2.24, 2.45) is 5.16 Å². The second kappa shape index (κ2) is 8.40. The van der Waals surface area contributed by atoms with Gasteiger partial charge in [0.2, 0.25) is 5.75 Å². The van der Waals surface area contributed by atoms with Crippen molar-refractivity contribution in [1.82, 2.24) is 0 Å². The Morgan fingerprint density at radius 1 is 0.857 bits per heavy atom. The largest absolute Gasteiger partial charge is 0.349 e. The number of nitro groups is 2. The van der Waals surface area contributed by atoms with Gasteiger partial charge in [0.15, 0.2) is 0 Å². The van der Waals surface area contributed by atoms with Gasteiger partial charge in [-0.05, 0) is 18.2 Å². The van der Waals surface area contributed by atoms with Crippen LogP contribution >= 0.6 is 15.9 Å². The molecule has 140 valence electrons. The van der Waals surface area contributed by atoms with E-state index in [1.165, 1.54) is 0 Å². The minimum Gasteiger partial charge on any atom is -0.349 e. The van der Waals surface area contributed by atoms with Crippen molar-refractivity contribution in [1.29, 1.82) is 0 Å². The number of benzene rings is 3. The van der Waals surface area contributed by atoms with Crippen LogP contribution in [0.15, 0.2) is 82.4 Å². The molecule has 3 rings (SSSR count). The van der Waals surface area contributed by atoms with Gasteiger partial charge in [-0.1, -0.05) is 63.6 Å². The number of oxime groups is 1. The maximum absolute atomic E-state index is 11.3. The monoisotopic (exact) mass is 441 g/mol. The van der Waals surface area contributed by atoms with Crippen LogP contribution < -0.4 is 4.84 Å². The molecule has 0 unspecified atom stereocenters. The summed E-state index contributed by atoms with van der Waals surface area (Å²) in [7, 11) is 0. The number of nitro benzene ring substituents is 2. The number of halogens is 1. The van der Waals surface area contributed by atoms with E-state index in [2.05, 4.69) is 21.1 Å². The highest BCUT2D eigenvalue weighted by molar-refractivity contribution is 9.10. The lowest BCUT2D eigenvalue weighted by Gasteiger charge is -2.08. The maximum atomic E-state index is 11.3. The van der Waals surface area contributed by atoms with Crippen LogP contribution in [0.25, 0.3) is 0 Å². The van der Waals surface area contributed by atoms with Gasteiger partial charge in [-0.3, -0.25) is 20.2 Å². The van der Waals surface area contributed by atoms with Gasteiger partial charge < -0.3 is 4.84 Å². The third-order valence-corrected chi connectivity index (χ3v) is 4.28. The summed E-state index contributed by atoms with van der Waals surface area (Å²) in [5.74, 6) is -0.193. The summed E-state index contributed by atoms with van der Waals surface area (Å²) in [6.07, 6.45) is 0. The molecule has 0 aliphatic rings. The fraction of sp³-hybridized carbons (Fsp3) is 0. The van der Waals surface area contributed by atoms with Crippen molar-refractivity contribution in [3.63, 3.8) is 0 Å². The van der Waals surface area contributed by atoms with Crippen LogP contribution in [0.1, 0.15) is 11.1 Å². The Morgan fingerprint density at radius 3 is 2.11 bits per heavy atom. The van der Waals surface area contributed by atoms with Crippen LogP contribution in [0.2, 0.25) is 0 Å². The predicted octanol–water partition coefficient (Wildman–Crippen LogP) is 5.10. The van der Waals surface area contributed by atoms with E-state index < -0.39 is 21.2 Å². The Morgan fingerprint density at radius 2 is 1.50 bits per heavy atom. The molecule has 3 aromatic rings. The van der Waals surface area contributed by atoms with Gasteiger partial charge in [0.1, 0.15) is 5.71 Å². The van der Waals surface area contributed by atoms with Crippen molar-refractivity contribution in [2.45, 2.75) is 0 Å². The lowest BCUT2D eigenvalue weighted by molar-refractivity contribution is -0.394. The average molecular weight is 442 g/mol. The molecule has 9 heteroatoms. The van der Waals surface area contributed by atoms with E-state index >= 15 is 0 Å². The zero-order chi connectivity index (χ0) is 20.1. The first-order chi connectivity index (χ1) is 13.5. The molecule has 0 aliphatic heterocycles. The van der Waals surface area contributed by atoms with E-state index in [0.29, 0.717) is 5.71 Å². The summed E-state index contributed by atoms with van der Waals surface area (Å²) >= 11 is 3.37. The molecule has 0 atom stereocenters. The third-order valence-electron chi connectivity index (χ3n) is 3.75. The van der Waals surface area contributed by atoms with Gasteiger partial charge in [-0.25, -0.2) is 0 Å². The van der Waals surface area contributed by atoms with Crippen molar-refractivity contribution in [3.8, 4) is 5.75 Å². The smallest absolute Gasteiger partial charge is 0.321 e. The number of nitrogens with zero attached hydrogens (tertiary/aromatic N) is 3. The second-order valence-electron chi connectivity index (χ2n) is 5.57. The average Bonchev–Trinajstić information content (AvgIpc) is 2.70. The van der Waals surface area contributed by atoms with Crippen molar-refractivity contribution in [2.75, 3.05) is 0 Å². The van der Waals surface area contributed by atoms with Gasteiger partial charge in [-0.15, -0.1) is 0 Å². The van der Waals surface area contributed by atoms with Crippen LogP contribution in [-0.4, -0.2) is 15.6 Å². The lowest BCUT2D eigenvalue weighted by atomic mass is 10.0. The molecular weight excluding hydrogens is 430 g/mol. The molecule has 3 aromatic carbocycles. The van der Waals surface area contributed by atoms with E-state index in [0.717, 1.165) is 33.8 Å². The number of rotatable bonds is 6.